The molecule has 0 unspecified atom stereocenters. The molecule has 9 heteroatoms. The number of furan rings is 1. The van der Waals surface area contributed by atoms with Crippen LogP contribution in [0.3, 0.4) is 0 Å². The van der Waals surface area contributed by atoms with E-state index in [2.05, 4.69) is 21.9 Å². The Morgan fingerprint density at radius 2 is 2.08 bits per heavy atom. The van der Waals surface area contributed by atoms with Gasteiger partial charge < -0.3 is 9.73 Å². The predicted molar refractivity (Wildman–Crippen MR) is 99.1 cm³/mol. The van der Waals surface area contributed by atoms with Crippen LogP contribution in [0, 0.1) is 12.8 Å². The van der Waals surface area contributed by atoms with Crippen molar-refractivity contribution in [2.24, 2.45) is 5.92 Å². The fourth-order valence-corrected chi connectivity index (χ4v) is 3.55. The summed E-state index contributed by atoms with van der Waals surface area (Å²) in [5.74, 6) is 1.90. The van der Waals surface area contributed by atoms with Crippen LogP contribution in [0.2, 0.25) is 0 Å². The summed E-state index contributed by atoms with van der Waals surface area (Å²) in [4.78, 5) is 14.3. The molecule has 0 aliphatic carbocycles. The van der Waals surface area contributed by atoms with Crippen LogP contribution in [0.25, 0.3) is 0 Å². The van der Waals surface area contributed by atoms with E-state index >= 15 is 0 Å². The van der Waals surface area contributed by atoms with E-state index in [4.69, 9.17) is 4.42 Å². The van der Waals surface area contributed by atoms with Gasteiger partial charge in [-0.1, -0.05) is 13.3 Å². The van der Waals surface area contributed by atoms with Gasteiger partial charge >= 0.3 is 0 Å². The highest BCUT2D eigenvalue weighted by Gasteiger charge is 2.33. The number of rotatable bonds is 8. The van der Waals surface area contributed by atoms with Crippen molar-refractivity contribution >= 4 is 28.3 Å². The topological polar surface area (TPSA) is 91.7 Å². The molecule has 25 heavy (non-hydrogen) atoms. The molecule has 0 aromatic carbocycles. The van der Waals surface area contributed by atoms with Gasteiger partial charge in [0.25, 0.3) is 0 Å². The van der Waals surface area contributed by atoms with Crippen molar-refractivity contribution in [1.29, 1.82) is 0 Å². The number of hydrogen-bond donors (Lipinski definition) is 2. The van der Waals surface area contributed by atoms with Crippen LogP contribution in [-0.2, 0) is 21.4 Å². The molecule has 0 spiro atoms. The number of amides is 1. The number of nitrogens with zero attached hydrogens (tertiary/aromatic N) is 1. The first-order valence-electron chi connectivity index (χ1n) is 8.28. The maximum atomic E-state index is 12.0. The van der Waals surface area contributed by atoms with E-state index in [1.807, 2.05) is 19.1 Å². The fourth-order valence-electron chi connectivity index (χ4n) is 3.16. The smallest absolute Gasteiger partial charge is 0.235 e. The Morgan fingerprint density at radius 3 is 2.64 bits per heavy atom. The minimum absolute atomic E-state index is 0. The predicted octanol–water partition coefficient (Wildman–Crippen LogP) is 1.28. The standard InChI is InChI=1S/C16H27N3O4S.ClH/c1-4-5-13-9-19(10-14-7-6-12(2)23-14)11-15(13)18-16(20)8-17-24(3,21)22;/h6-7,13,15,17H,4-5,8-11H2,1-3H3,(H,18,20);1H/t13-,15-;/m0./s1. The molecular formula is C16H28ClN3O4S. The zero-order chi connectivity index (χ0) is 17.7. The Bertz CT molecular complexity index is 662. The molecule has 144 valence electrons. The molecule has 2 rings (SSSR count). The SMILES string of the molecule is CCC[C@H]1CN(Cc2ccc(C)o2)C[C@@H]1NC(=O)CNS(C)(=O)=O.Cl. The lowest BCUT2D eigenvalue weighted by molar-refractivity contribution is -0.120. The first-order chi connectivity index (χ1) is 11.3. The van der Waals surface area contributed by atoms with Gasteiger partial charge in [-0.3, -0.25) is 9.69 Å². The molecule has 1 aliphatic heterocycles. The third-order valence-electron chi connectivity index (χ3n) is 4.19. The van der Waals surface area contributed by atoms with E-state index in [0.717, 1.165) is 50.3 Å². The number of likely N-dealkylation sites (tertiary alicyclic amines) is 1. The number of hydrogen-bond acceptors (Lipinski definition) is 5. The number of carbonyl (C=O) groups excluding carboxylic acids is 1. The zero-order valence-electron chi connectivity index (χ0n) is 14.9. The van der Waals surface area contributed by atoms with E-state index < -0.39 is 10.0 Å². The van der Waals surface area contributed by atoms with Crippen molar-refractivity contribution in [3.8, 4) is 0 Å². The third-order valence-corrected chi connectivity index (χ3v) is 4.86. The van der Waals surface area contributed by atoms with E-state index in [-0.39, 0.29) is 30.9 Å². The summed E-state index contributed by atoms with van der Waals surface area (Å²) in [6.07, 6.45) is 3.12. The molecule has 0 bridgehead atoms. The molecule has 2 heterocycles. The Balaban J connectivity index is 0.00000312. The van der Waals surface area contributed by atoms with Crippen LogP contribution < -0.4 is 10.0 Å². The summed E-state index contributed by atoms with van der Waals surface area (Å²) in [6.45, 7) is 6.20. The van der Waals surface area contributed by atoms with Crippen molar-refractivity contribution in [1.82, 2.24) is 14.9 Å². The normalized spacial score (nSPS) is 21.1. The van der Waals surface area contributed by atoms with Crippen molar-refractivity contribution in [2.75, 3.05) is 25.9 Å². The highest BCUT2D eigenvalue weighted by molar-refractivity contribution is 7.88. The molecule has 1 aromatic heterocycles. The number of nitrogens with one attached hydrogen (secondary N) is 2. The highest BCUT2D eigenvalue weighted by atomic mass is 35.5. The first-order valence-corrected chi connectivity index (χ1v) is 10.2. The van der Waals surface area contributed by atoms with Crippen LogP contribution in [0.1, 0.15) is 31.3 Å². The quantitative estimate of drug-likeness (QED) is 0.694. The van der Waals surface area contributed by atoms with Gasteiger partial charge in [0.2, 0.25) is 15.9 Å². The Morgan fingerprint density at radius 1 is 1.36 bits per heavy atom. The molecule has 1 aliphatic rings. The minimum Gasteiger partial charge on any atom is -0.465 e. The molecule has 7 nitrogen and oxygen atoms in total. The summed E-state index contributed by atoms with van der Waals surface area (Å²) in [5.41, 5.74) is 0. The molecular weight excluding hydrogens is 366 g/mol. The lowest BCUT2D eigenvalue weighted by Gasteiger charge is -2.19. The van der Waals surface area contributed by atoms with Crippen molar-refractivity contribution in [3.63, 3.8) is 0 Å². The van der Waals surface area contributed by atoms with Crippen LogP contribution >= 0.6 is 12.4 Å². The van der Waals surface area contributed by atoms with Gasteiger partial charge in [-0.15, -0.1) is 12.4 Å². The number of sulfonamides is 1. The van der Waals surface area contributed by atoms with Gasteiger partial charge in [0.05, 0.1) is 19.3 Å². The Labute approximate surface area is 156 Å². The van der Waals surface area contributed by atoms with E-state index in [1.54, 1.807) is 0 Å². The Kier molecular flexibility index (Phi) is 8.40. The maximum Gasteiger partial charge on any atom is 0.235 e. The van der Waals surface area contributed by atoms with Crippen LogP contribution in [0.15, 0.2) is 16.5 Å². The Hall–Kier alpha value is -1.09. The maximum absolute atomic E-state index is 12.0. The third kappa shape index (κ3) is 7.35. The average Bonchev–Trinajstić information content (AvgIpc) is 3.04. The number of halogens is 1. The van der Waals surface area contributed by atoms with Gasteiger partial charge in [0.1, 0.15) is 11.5 Å². The summed E-state index contributed by atoms with van der Waals surface area (Å²) in [7, 11) is -3.36. The monoisotopic (exact) mass is 393 g/mol. The van der Waals surface area contributed by atoms with Crippen molar-refractivity contribution in [2.45, 2.75) is 39.3 Å². The summed E-state index contributed by atoms with van der Waals surface area (Å²) < 4.78 is 30.0. The molecule has 1 aromatic rings. The molecule has 0 saturated carbocycles. The molecule has 1 saturated heterocycles. The lowest BCUT2D eigenvalue weighted by atomic mass is 9.98. The number of aryl methyl sites for hydroxylation is 1. The summed E-state index contributed by atoms with van der Waals surface area (Å²) in [6, 6.07) is 3.96. The van der Waals surface area contributed by atoms with Crippen LogP contribution in [-0.4, -0.2) is 51.2 Å². The average molecular weight is 394 g/mol. The van der Waals surface area contributed by atoms with Crippen LogP contribution in [0.5, 0.6) is 0 Å². The molecule has 1 fully saturated rings. The molecule has 2 N–H and O–H groups in total. The second-order valence-corrected chi connectivity index (χ2v) is 8.36. The van der Waals surface area contributed by atoms with Crippen LogP contribution in [0.4, 0.5) is 0 Å². The molecule has 2 atom stereocenters. The van der Waals surface area contributed by atoms with E-state index in [1.165, 1.54) is 0 Å². The molecule has 0 radical (unpaired) electrons. The largest absolute Gasteiger partial charge is 0.465 e. The lowest BCUT2D eigenvalue weighted by Crippen LogP contribution is -2.45. The fraction of sp³-hybridized carbons (Fsp3) is 0.688. The highest BCUT2D eigenvalue weighted by Crippen LogP contribution is 2.24. The van der Waals surface area contributed by atoms with E-state index in [0.29, 0.717) is 5.92 Å². The summed E-state index contributed by atoms with van der Waals surface area (Å²) in [5, 5.41) is 2.97. The summed E-state index contributed by atoms with van der Waals surface area (Å²) >= 11 is 0. The van der Waals surface area contributed by atoms with Crippen molar-refractivity contribution < 1.29 is 17.6 Å². The second kappa shape index (κ2) is 9.56. The van der Waals surface area contributed by atoms with Gasteiger partial charge in [0.15, 0.2) is 0 Å². The number of carbonyl (C=O) groups is 1. The van der Waals surface area contributed by atoms with E-state index in [9.17, 15) is 13.2 Å². The minimum atomic E-state index is -3.36. The van der Waals surface area contributed by atoms with Gasteiger partial charge in [-0.05, 0) is 31.4 Å². The van der Waals surface area contributed by atoms with Gasteiger partial charge in [-0.2, -0.15) is 0 Å². The van der Waals surface area contributed by atoms with Gasteiger partial charge in [0, 0.05) is 19.1 Å². The first kappa shape index (κ1) is 22.0. The second-order valence-electron chi connectivity index (χ2n) is 6.52. The van der Waals surface area contributed by atoms with Gasteiger partial charge in [-0.25, -0.2) is 13.1 Å². The molecule has 1 amide bonds. The van der Waals surface area contributed by atoms with Crippen molar-refractivity contribution in [3.05, 3.63) is 23.7 Å². The zero-order valence-corrected chi connectivity index (χ0v) is 16.6.